The van der Waals surface area contributed by atoms with Gasteiger partial charge in [-0.1, -0.05) is 84.9 Å². The zero-order chi connectivity index (χ0) is 30.4. The molecule has 0 radical (unpaired) electrons. The van der Waals surface area contributed by atoms with Gasteiger partial charge in [0.15, 0.2) is 11.9 Å². The summed E-state index contributed by atoms with van der Waals surface area (Å²) in [7, 11) is -0.285. The molecule has 4 nitrogen and oxygen atoms in total. The van der Waals surface area contributed by atoms with Crippen molar-refractivity contribution in [1.82, 2.24) is 5.43 Å². The van der Waals surface area contributed by atoms with Crippen LogP contribution in [0.25, 0.3) is 10.9 Å². The number of aryl methyl sites for hydroxylation is 3. The van der Waals surface area contributed by atoms with Crippen molar-refractivity contribution in [3.05, 3.63) is 163 Å². The van der Waals surface area contributed by atoms with E-state index >= 15 is 0 Å². The molecule has 0 bridgehead atoms. The van der Waals surface area contributed by atoms with Crippen LogP contribution in [0.3, 0.4) is 0 Å². The Morgan fingerprint density at radius 1 is 0.630 bits per heavy atom. The third-order valence-corrected chi connectivity index (χ3v) is 13.3. The fourth-order valence-electron chi connectivity index (χ4n) is 6.29. The Hall–Kier alpha value is -3.33. The zero-order valence-corrected chi connectivity index (χ0v) is 31.2. The molecule has 5 aromatic carbocycles. The van der Waals surface area contributed by atoms with Crippen LogP contribution in [0, 0.1) is 0 Å². The number of nitrogens with zero attached hydrogens (tertiary/aromatic N) is 1. The monoisotopic (exact) mass is 849 g/mol. The van der Waals surface area contributed by atoms with Crippen LogP contribution in [-0.2, 0) is 24.7 Å². The highest BCUT2D eigenvalue weighted by atomic mass is 127. The molecule has 6 rings (SSSR count). The second-order valence-electron chi connectivity index (χ2n) is 11.1. The summed E-state index contributed by atoms with van der Waals surface area (Å²) in [5.74, 6) is -0.0359. The zero-order valence-electron chi connectivity index (χ0n) is 26.0. The molecule has 6 aromatic rings. The highest BCUT2D eigenvalue weighted by Crippen LogP contribution is 2.59. The van der Waals surface area contributed by atoms with Crippen LogP contribution in [0.15, 0.2) is 152 Å². The maximum atomic E-state index is 14.2. The molecule has 0 aliphatic rings. The minimum absolute atomic E-state index is 0. The van der Waals surface area contributed by atoms with E-state index in [0.717, 1.165) is 24.1 Å². The van der Waals surface area contributed by atoms with E-state index in [9.17, 15) is 4.79 Å². The number of para-hydroxylation sites is 2. The number of halogens is 2. The number of amides is 1. The van der Waals surface area contributed by atoms with Gasteiger partial charge in [-0.2, -0.15) is 0 Å². The third kappa shape index (κ3) is 7.29. The number of fused-ring (bicyclic) bond motifs is 1. The first kappa shape index (κ1) is 35.5. The van der Waals surface area contributed by atoms with Gasteiger partial charge in [0.1, 0.15) is 30.2 Å². The number of carbonyl (C=O) groups excluding carboxylic acids is 1. The predicted molar refractivity (Wildman–Crippen MR) is 185 cm³/mol. The van der Waals surface area contributed by atoms with Crippen molar-refractivity contribution in [2.24, 2.45) is 7.05 Å². The summed E-state index contributed by atoms with van der Waals surface area (Å²) in [6, 6.07) is 50.6. The number of benzene rings is 5. The van der Waals surface area contributed by atoms with Gasteiger partial charge in [0, 0.05) is 17.5 Å². The van der Waals surface area contributed by atoms with Crippen molar-refractivity contribution < 1.29 is 57.3 Å². The van der Waals surface area contributed by atoms with Crippen LogP contribution < -0.4 is 79.3 Å². The highest BCUT2D eigenvalue weighted by Gasteiger charge is 2.53. The van der Waals surface area contributed by atoms with Crippen molar-refractivity contribution in [3.63, 3.8) is 0 Å². The van der Waals surface area contributed by atoms with Crippen LogP contribution in [0.2, 0.25) is 0 Å². The van der Waals surface area contributed by atoms with Gasteiger partial charge in [-0.05, 0) is 79.4 Å². The summed E-state index contributed by atoms with van der Waals surface area (Å²) in [5.41, 5.74) is 10.7. The standard InChI is InChI=1S/C39H37N3OP.2HI/c1-30(44(33-17-6-3-7-18-33,34-19-8-4-9-20-34)35-21-10-5-11-22-35)39(43)41-40-37-24-14-12-16-32(37)27-26-31-28-29-42(2)38-25-15-13-23-36(31)38;;/h3-25,28-30,40H,26-27H2,1-2H3;2*1H/q+1;;/p-1. The Balaban J connectivity index is 0.00000240. The molecule has 0 fully saturated rings. The maximum absolute atomic E-state index is 14.2. The number of hydrogen-bond donors (Lipinski definition) is 2. The number of hydrogen-bond acceptors (Lipinski definition) is 2. The normalized spacial score (nSPS) is 11.5. The van der Waals surface area contributed by atoms with E-state index in [1.165, 1.54) is 32.4 Å². The van der Waals surface area contributed by atoms with E-state index in [1.54, 1.807) is 0 Å². The Morgan fingerprint density at radius 2 is 1.11 bits per heavy atom. The van der Waals surface area contributed by atoms with Crippen molar-refractivity contribution in [3.8, 4) is 0 Å². The molecule has 7 heteroatoms. The molecule has 1 amide bonds. The van der Waals surface area contributed by atoms with E-state index in [-0.39, 0.29) is 59.5 Å². The van der Waals surface area contributed by atoms with E-state index < -0.39 is 7.26 Å². The lowest BCUT2D eigenvalue weighted by Gasteiger charge is -2.32. The Bertz CT molecular complexity index is 1770. The van der Waals surface area contributed by atoms with Crippen molar-refractivity contribution in [1.29, 1.82) is 0 Å². The summed E-state index contributed by atoms with van der Waals surface area (Å²) >= 11 is 0. The van der Waals surface area contributed by atoms with E-state index in [4.69, 9.17) is 0 Å². The van der Waals surface area contributed by atoms with E-state index in [0.29, 0.717) is 0 Å². The molecule has 0 aliphatic carbocycles. The largest absolute Gasteiger partial charge is 1.00 e. The van der Waals surface area contributed by atoms with Gasteiger partial charge in [-0.3, -0.25) is 15.6 Å². The lowest BCUT2D eigenvalue weighted by atomic mass is 10.00. The van der Waals surface area contributed by atoms with Gasteiger partial charge in [-0.25, -0.2) is 4.57 Å². The van der Waals surface area contributed by atoms with Gasteiger partial charge in [-0.15, -0.1) is 0 Å². The van der Waals surface area contributed by atoms with Gasteiger partial charge in [0.25, 0.3) is 5.91 Å². The van der Waals surface area contributed by atoms with Crippen LogP contribution in [-0.4, -0.2) is 11.6 Å². The van der Waals surface area contributed by atoms with Crippen molar-refractivity contribution in [2.45, 2.75) is 25.4 Å². The lowest BCUT2D eigenvalue weighted by Crippen LogP contribution is -3.00. The topological polar surface area (TPSA) is 45.0 Å². The number of nitrogens with one attached hydrogen (secondary N) is 2. The molecule has 0 aliphatic heterocycles. The summed E-state index contributed by atoms with van der Waals surface area (Å²) in [6.45, 7) is 2.07. The molecular weight excluding hydrogens is 811 g/mol. The number of rotatable bonds is 10. The molecular formula is C39H38I2N3OP. The number of aromatic nitrogens is 1. The predicted octanol–water partition coefficient (Wildman–Crippen LogP) is 0.283. The molecule has 1 atom stereocenters. The molecule has 0 saturated heterocycles. The fraction of sp³-hybridized carbons (Fsp3) is 0.128. The number of anilines is 1. The molecule has 1 aromatic heterocycles. The van der Waals surface area contributed by atoms with Crippen molar-refractivity contribution >= 4 is 45.7 Å². The average molecular weight is 850 g/mol. The number of carbonyl (C=O) groups is 1. The lowest BCUT2D eigenvalue weighted by molar-refractivity contribution is -0.644. The number of pyridine rings is 1. The smallest absolute Gasteiger partial charge is 0.279 e. The summed E-state index contributed by atoms with van der Waals surface area (Å²) in [4.78, 5) is 14.2. The van der Waals surface area contributed by atoms with Gasteiger partial charge >= 0.3 is 0 Å². The minimum Gasteiger partial charge on any atom is -1.00 e. The van der Waals surface area contributed by atoms with Gasteiger partial charge < -0.3 is 48.0 Å². The van der Waals surface area contributed by atoms with Crippen LogP contribution in [0.4, 0.5) is 5.69 Å². The van der Waals surface area contributed by atoms with Crippen LogP contribution in [0.1, 0.15) is 18.1 Å². The molecule has 46 heavy (non-hydrogen) atoms. The second kappa shape index (κ2) is 16.5. The van der Waals surface area contributed by atoms with Crippen LogP contribution in [0.5, 0.6) is 0 Å². The molecule has 0 saturated carbocycles. The molecule has 1 unspecified atom stereocenters. The first-order valence-corrected chi connectivity index (χ1v) is 17.0. The quantitative estimate of drug-likeness (QED) is 0.0903. The van der Waals surface area contributed by atoms with Crippen molar-refractivity contribution in [2.75, 3.05) is 5.43 Å². The highest BCUT2D eigenvalue weighted by molar-refractivity contribution is 7.96. The SMILES string of the molecule is CC(C(=O)NNc1ccccc1CCc1cc[n+](C)c2ccccc12)[P+](c1ccccc1)(c1ccccc1)c1ccccc1.[I-].[I-]. The Morgan fingerprint density at radius 3 is 1.70 bits per heavy atom. The maximum Gasteiger partial charge on any atom is 0.279 e. The first-order valence-electron chi connectivity index (χ1n) is 15.1. The Labute approximate surface area is 307 Å². The third-order valence-electron chi connectivity index (χ3n) is 8.58. The molecule has 0 spiro atoms. The average Bonchev–Trinajstić information content (AvgIpc) is 3.09. The van der Waals surface area contributed by atoms with Crippen LogP contribution >= 0.6 is 7.26 Å². The first-order chi connectivity index (χ1) is 21.6. The molecule has 234 valence electrons. The van der Waals surface area contributed by atoms with Gasteiger partial charge in [0.2, 0.25) is 5.52 Å². The summed E-state index contributed by atoms with van der Waals surface area (Å²) < 4.78 is 2.16. The van der Waals surface area contributed by atoms with Gasteiger partial charge in [0.05, 0.1) is 5.69 Å². The van der Waals surface area contributed by atoms with E-state index in [1.807, 2.05) is 30.3 Å². The summed E-state index contributed by atoms with van der Waals surface area (Å²) in [6.07, 6.45) is 3.88. The fourth-order valence-corrected chi connectivity index (χ4v) is 10.9. The van der Waals surface area contributed by atoms with E-state index in [2.05, 4.69) is 151 Å². The Kier molecular flexibility index (Phi) is 12.7. The number of hydrazine groups is 1. The summed E-state index contributed by atoms with van der Waals surface area (Å²) in [5, 5.41) is 4.82. The molecule has 2 N–H and O–H groups in total. The second-order valence-corrected chi connectivity index (χ2v) is 14.9. The molecule has 1 heterocycles. The minimum atomic E-state index is -2.37.